The van der Waals surface area contributed by atoms with E-state index in [9.17, 15) is 0 Å². The Balaban J connectivity index is 2.13. The highest BCUT2D eigenvalue weighted by atomic mass is 15.1. The van der Waals surface area contributed by atoms with Crippen LogP contribution in [0, 0.1) is 0 Å². The number of azide groups is 1. The predicted octanol–water partition coefficient (Wildman–Crippen LogP) is 3.80. The maximum Gasteiger partial charge on any atom is 0.0375 e. The van der Waals surface area contributed by atoms with Gasteiger partial charge in [-0.25, -0.2) is 0 Å². The third-order valence-electron chi connectivity index (χ3n) is 2.48. The molecule has 2 aromatic carbocycles. The average molecular weight is 224 g/mol. The van der Waals surface area contributed by atoms with Gasteiger partial charge in [-0.15, -0.1) is 0 Å². The minimum Gasteiger partial charge on any atom is -0.399 e. The van der Waals surface area contributed by atoms with Crippen molar-refractivity contribution < 1.29 is 0 Å². The molecule has 0 bridgehead atoms. The standard InChI is InChI=1S/C13H12N4/c14-12-5-1-10(2-6-12)9-11-3-7-13(8-4-11)16-17-15/h1-8H,9,14H2. The van der Waals surface area contributed by atoms with E-state index >= 15 is 0 Å². The normalized spacial score (nSPS) is 9.65. The van der Waals surface area contributed by atoms with Gasteiger partial charge in [-0.2, -0.15) is 0 Å². The Bertz CT molecular complexity index is 537. The predicted molar refractivity (Wildman–Crippen MR) is 68.9 cm³/mol. The lowest BCUT2D eigenvalue weighted by molar-refractivity contribution is 1.19. The van der Waals surface area contributed by atoms with Crippen LogP contribution in [0.1, 0.15) is 11.1 Å². The zero-order valence-corrected chi connectivity index (χ0v) is 9.24. The van der Waals surface area contributed by atoms with Crippen LogP contribution in [0.3, 0.4) is 0 Å². The lowest BCUT2D eigenvalue weighted by Crippen LogP contribution is -1.89. The Labute approximate surface area is 99.3 Å². The molecule has 0 spiro atoms. The molecule has 0 aliphatic carbocycles. The van der Waals surface area contributed by atoms with Crippen molar-refractivity contribution in [2.45, 2.75) is 6.42 Å². The minimum absolute atomic E-state index is 0.633. The highest BCUT2D eigenvalue weighted by molar-refractivity contribution is 5.42. The molecule has 4 nitrogen and oxygen atoms in total. The van der Waals surface area contributed by atoms with Gasteiger partial charge in [0.1, 0.15) is 0 Å². The first-order chi connectivity index (χ1) is 8.28. The van der Waals surface area contributed by atoms with Crippen molar-refractivity contribution in [1.82, 2.24) is 0 Å². The van der Waals surface area contributed by atoms with E-state index in [0.29, 0.717) is 5.69 Å². The van der Waals surface area contributed by atoms with Crippen LogP contribution in [-0.4, -0.2) is 0 Å². The molecule has 0 saturated carbocycles. The number of anilines is 1. The minimum atomic E-state index is 0.633. The number of hydrogen-bond acceptors (Lipinski definition) is 2. The molecule has 0 aliphatic heterocycles. The summed E-state index contributed by atoms with van der Waals surface area (Å²) in [5, 5.41) is 3.53. The summed E-state index contributed by atoms with van der Waals surface area (Å²) in [6, 6.07) is 15.3. The first kappa shape index (κ1) is 11.0. The van der Waals surface area contributed by atoms with Crippen LogP contribution >= 0.6 is 0 Å². The number of benzene rings is 2. The van der Waals surface area contributed by atoms with Crippen molar-refractivity contribution >= 4 is 11.4 Å². The number of rotatable bonds is 3. The van der Waals surface area contributed by atoms with Crippen molar-refractivity contribution in [2.75, 3.05) is 5.73 Å². The van der Waals surface area contributed by atoms with Gasteiger partial charge < -0.3 is 5.73 Å². The van der Waals surface area contributed by atoms with E-state index in [1.165, 1.54) is 11.1 Å². The second kappa shape index (κ2) is 5.05. The molecular weight excluding hydrogens is 212 g/mol. The van der Waals surface area contributed by atoms with E-state index in [-0.39, 0.29) is 0 Å². The molecule has 0 fully saturated rings. The molecule has 0 saturated heterocycles. The molecule has 0 heterocycles. The van der Waals surface area contributed by atoms with Crippen LogP contribution in [-0.2, 0) is 6.42 Å². The monoisotopic (exact) mass is 224 g/mol. The van der Waals surface area contributed by atoms with Crippen molar-refractivity contribution in [3.8, 4) is 0 Å². The maximum atomic E-state index is 8.30. The summed E-state index contributed by atoms with van der Waals surface area (Å²) in [4.78, 5) is 2.74. The number of nitrogen functional groups attached to an aromatic ring is 1. The molecule has 0 amide bonds. The van der Waals surface area contributed by atoms with Crippen LogP contribution in [0.15, 0.2) is 53.6 Å². The van der Waals surface area contributed by atoms with Gasteiger partial charge in [0.05, 0.1) is 0 Å². The molecule has 0 atom stereocenters. The average Bonchev–Trinajstić information content (AvgIpc) is 2.35. The van der Waals surface area contributed by atoms with Crippen molar-refractivity contribution in [3.63, 3.8) is 0 Å². The summed E-state index contributed by atoms with van der Waals surface area (Å²) in [5.74, 6) is 0. The van der Waals surface area contributed by atoms with Gasteiger partial charge in [0.15, 0.2) is 0 Å². The fourth-order valence-corrected chi connectivity index (χ4v) is 1.60. The highest BCUT2D eigenvalue weighted by Crippen LogP contribution is 2.16. The van der Waals surface area contributed by atoms with Gasteiger partial charge in [-0.3, -0.25) is 0 Å². The van der Waals surface area contributed by atoms with Crippen LogP contribution in [0.4, 0.5) is 11.4 Å². The fourth-order valence-electron chi connectivity index (χ4n) is 1.60. The van der Waals surface area contributed by atoms with Gasteiger partial charge in [0.25, 0.3) is 0 Å². The third kappa shape index (κ3) is 3.00. The second-order valence-corrected chi connectivity index (χ2v) is 3.77. The largest absolute Gasteiger partial charge is 0.399 e. The molecule has 84 valence electrons. The number of nitrogens with zero attached hydrogens (tertiary/aromatic N) is 3. The zero-order valence-electron chi connectivity index (χ0n) is 9.24. The molecule has 0 aliphatic rings. The number of hydrogen-bond donors (Lipinski definition) is 1. The van der Waals surface area contributed by atoms with Gasteiger partial charge >= 0.3 is 0 Å². The van der Waals surface area contributed by atoms with Crippen LogP contribution in [0.25, 0.3) is 10.4 Å². The summed E-state index contributed by atoms with van der Waals surface area (Å²) in [6.07, 6.45) is 0.844. The maximum absolute atomic E-state index is 8.30. The Morgan fingerprint density at radius 3 is 2.00 bits per heavy atom. The zero-order chi connectivity index (χ0) is 12.1. The summed E-state index contributed by atoms with van der Waals surface area (Å²) < 4.78 is 0. The topological polar surface area (TPSA) is 74.8 Å². The van der Waals surface area contributed by atoms with E-state index < -0.39 is 0 Å². The van der Waals surface area contributed by atoms with E-state index in [2.05, 4.69) is 10.0 Å². The Morgan fingerprint density at radius 2 is 1.47 bits per heavy atom. The van der Waals surface area contributed by atoms with Gasteiger partial charge in [0, 0.05) is 16.3 Å². The molecular formula is C13H12N4. The van der Waals surface area contributed by atoms with Crippen molar-refractivity contribution in [1.29, 1.82) is 0 Å². The lowest BCUT2D eigenvalue weighted by Gasteiger charge is -2.02. The van der Waals surface area contributed by atoms with E-state index in [1.54, 1.807) is 0 Å². The fraction of sp³-hybridized carbons (Fsp3) is 0.0769. The number of nitrogens with two attached hydrogens (primary N) is 1. The van der Waals surface area contributed by atoms with E-state index in [1.807, 2.05) is 48.5 Å². The van der Waals surface area contributed by atoms with E-state index in [4.69, 9.17) is 11.3 Å². The third-order valence-corrected chi connectivity index (χ3v) is 2.48. The van der Waals surface area contributed by atoms with Crippen LogP contribution < -0.4 is 5.73 Å². The first-order valence-corrected chi connectivity index (χ1v) is 5.26. The molecule has 2 rings (SSSR count). The second-order valence-electron chi connectivity index (χ2n) is 3.77. The van der Waals surface area contributed by atoms with Crippen molar-refractivity contribution in [3.05, 3.63) is 70.1 Å². The smallest absolute Gasteiger partial charge is 0.0375 e. The molecule has 2 aromatic rings. The lowest BCUT2D eigenvalue weighted by atomic mass is 10.0. The van der Waals surface area contributed by atoms with Gasteiger partial charge in [-0.1, -0.05) is 41.5 Å². The molecule has 0 aromatic heterocycles. The molecule has 2 N–H and O–H groups in total. The Morgan fingerprint density at radius 1 is 0.941 bits per heavy atom. The molecule has 4 heteroatoms. The SMILES string of the molecule is [N-]=[N+]=Nc1ccc(Cc2ccc(N)cc2)cc1. The summed E-state index contributed by atoms with van der Waals surface area (Å²) in [7, 11) is 0. The Hall–Kier alpha value is -2.45. The van der Waals surface area contributed by atoms with E-state index in [0.717, 1.165) is 12.1 Å². The van der Waals surface area contributed by atoms with Gasteiger partial charge in [-0.05, 0) is 35.2 Å². The highest BCUT2D eigenvalue weighted by Gasteiger charge is 1.96. The summed E-state index contributed by atoms with van der Waals surface area (Å²) in [6.45, 7) is 0. The van der Waals surface area contributed by atoms with Crippen LogP contribution in [0.2, 0.25) is 0 Å². The summed E-state index contributed by atoms with van der Waals surface area (Å²) in [5.41, 5.74) is 17.7. The molecule has 0 radical (unpaired) electrons. The van der Waals surface area contributed by atoms with Crippen LogP contribution in [0.5, 0.6) is 0 Å². The van der Waals surface area contributed by atoms with Gasteiger partial charge in [0.2, 0.25) is 0 Å². The molecule has 17 heavy (non-hydrogen) atoms. The van der Waals surface area contributed by atoms with Crippen molar-refractivity contribution in [2.24, 2.45) is 5.11 Å². The quantitative estimate of drug-likeness (QED) is 0.366. The first-order valence-electron chi connectivity index (χ1n) is 5.26. The molecule has 0 unspecified atom stereocenters. The Kier molecular flexibility index (Phi) is 3.28. The summed E-state index contributed by atoms with van der Waals surface area (Å²) >= 11 is 0.